The zero-order valence-electron chi connectivity index (χ0n) is 16.1. The third kappa shape index (κ3) is 4.40. The third-order valence-electron chi connectivity index (χ3n) is 5.74. The van der Waals surface area contributed by atoms with Gasteiger partial charge >= 0.3 is 5.97 Å². The third-order valence-corrected chi connectivity index (χ3v) is 8.59. The van der Waals surface area contributed by atoms with Gasteiger partial charge in [-0.05, 0) is 37.8 Å². The van der Waals surface area contributed by atoms with Crippen molar-refractivity contribution in [3.63, 3.8) is 0 Å². The molecule has 1 N–H and O–H groups in total. The van der Waals surface area contributed by atoms with Crippen LogP contribution in [0.15, 0.2) is 23.1 Å². The number of hydrogen-bond donors (Lipinski definition) is 1. The average molecular weight is 463 g/mol. The molecule has 1 saturated carbocycles. The highest BCUT2D eigenvalue weighted by Crippen LogP contribution is 2.34. The predicted octanol–water partition coefficient (Wildman–Crippen LogP) is 3.00. The lowest BCUT2D eigenvalue weighted by Crippen LogP contribution is -2.55. The fourth-order valence-corrected chi connectivity index (χ4v) is 6.67. The van der Waals surface area contributed by atoms with Gasteiger partial charge in [-0.3, -0.25) is 4.79 Å². The van der Waals surface area contributed by atoms with Crippen molar-refractivity contribution in [2.45, 2.75) is 49.0 Å². The van der Waals surface area contributed by atoms with Crippen LogP contribution in [-0.2, 0) is 24.3 Å². The van der Waals surface area contributed by atoms with E-state index in [4.69, 9.17) is 27.9 Å². The zero-order chi connectivity index (χ0) is 21.2. The number of hydrogen-bond acceptors (Lipinski definition) is 5. The second kappa shape index (κ2) is 8.79. The lowest BCUT2D eigenvalue weighted by atomic mass is 9.92. The van der Waals surface area contributed by atoms with E-state index in [2.05, 4.69) is 5.32 Å². The molecule has 29 heavy (non-hydrogen) atoms. The molecule has 1 saturated heterocycles. The molecule has 1 aliphatic heterocycles. The topological polar surface area (TPSA) is 92.8 Å². The number of carbonyl (C=O) groups excluding carboxylic acids is 2. The molecule has 3 rings (SSSR count). The van der Waals surface area contributed by atoms with Gasteiger partial charge in [0.25, 0.3) is 0 Å². The first-order chi connectivity index (χ1) is 13.7. The van der Waals surface area contributed by atoms with Crippen LogP contribution in [0.3, 0.4) is 0 Å². The fourth-order valence-electron chi connectivity index (χ4n) is 4.11. The minimum absolute atomic E-state index is 0.0682. The molecule has 7 nitrogen and oxygen atoms in total. The number of nitrogens with one attached hydrogen (secondary N) is 1. The van der Waals surface area contributed by atoms with E-state index in [1.165, 1.54) is 23.5 Å². The van der Waals surface area contributed by atoms with Gasteiger partial charge < -0.3 is 10.1 Å². The largest absolute Gasteiger partial charge is 0.467 e. The van der Waals surface area contributed by atoms with Gasteiger partial charge in [0, 0.05) is 19.0 Å². The van der Waals surface area contributed by atoms with E-state index in [0.717, 1.165) is 12.8 Å². The summed E-state index contributed by atoms with van der Waals surface area (Å²) in [7, 11) is -2.54. The summed E-state index contributed by atoms with van der Waals surface area (Å²) in [6.45, 7) is 0.348. The molecule has 0 radical (unpaired) electrons. The van der Waals surface area contributed by atoms with Gasteiger partial charge in [0.2, 0.25) is 15.9 Å². The second-order valence-electron chi connectivity index (χ2n) is 7.50. The Morgan fingerprint density at radius 2 is 1.69 bits per heavy atom. The zero-order valence-corrected chi connectivity index (χ0v) is 18.4. The number of halogens is 2. The van der Waals surface area contributed by atoms with Crippen LogP contribution in [0.25, 0.3) is 0 Å². The maximum absolute atomic E-state index is 13.0. The molecule has 2 fully saturated rings. The van der Waals surface area contributed by atoms with Crippen LogP contribution < -0.4 is 5.32 Å². The van der Waals surface area contributed by atoms with Gasteiger partial charge in [-0.1, -0.05) is 42.1 Å². The molecule has 1 aromatic carbocycles. The normalized spacial score (nSPS) is 20.4. The van der Waals surface area contributed by atoms with Crippen LogP contribution in [0.2, 0.25) is 10.0 Å². The molecule has 1 heterocycles. The van der Waals surface area contributed by atoms with Crippen LogP contribution in [-0.4, -0.2) is 50.3 Å². The van der Waals surface area contributed by atoms with E-state index in [0.29, 0.717) is 25.7 Å². The number of nitrogens with zero attached hydrogens (tertiary/aromatic N) is 1. The number of piperidine rings is 1. The molecule has 0 atom stereocenters. The van der Waals surface area contributed by atoms with Crippen molar-refractivity contribution in [3.8, 4) is 0 Å². The van der Waals surface area contributed by atoms with Crippen molar-refractivity contribution in [1.82, 2.24) is 9.62 Å². The molecule has 10 heteroatoms. The van der Waals surface area contributed by atoms with Crippen LogP contribution in [0.1, 0.15) is 38.5 Å². The number of amides is 1. The highest BCUT2D eigenvalue weighted by Gasteiger charge is 2.45. The quantitative estimate of drug-likeness (QED) is 0.678. The van der Waals surface area contributed by atoms with Crippen molar-refractivity contribution >= 4 is 45.1 Å². The second-order valence-corrected chi connectivity index (χ2v) is 10.2. The molecule has 2 aliphatic rings. The van der Waals surface area contributed by atoms with E-state index in [1.807, 2.05) is 0 Å². The number of esters is 1. The summed E-state index contributed by atoms with van der Waals surface area (Å²) >= 11 is 12.1. The Bertz CT molecular complexity index is 872. The number of carbonyl (C=O) groups is 2. The van der Waals surface area contributed by atoms with E-state index in [1.54, 1.807) is 6.07 Å². The minimum atomic E-state index is -3.86. The molecular weight excluding hydrogens is 439 g/mol. The van der Waals surface area contributed by atoms with Gasteiger partial charge in [0.1, 0.15) is 10.4 Å². The van der Waals surface area contributed by atoms with Crippen molar-refractivity contribution in [3.05, 3.63) is 28.2 Å². The van der Waals surface area contributed by atoms with E-state index < -0.39 is 21.5 Å². The Kier molecular flexibility index (Phi) is 6.77. The van der Waals surface area contributed by atoms with Crippen molar-refractivity contribution in [2.75, 3.05) is 20.2 Å². The van der Waals surface area contributed by atoms with Crippen LogP contribution in [0.4, 0.5) is 0 Å². The van der Waals surface area contributed by atoms with Crippen LogP contribution >= 0.6 is 23.2 Å². The van der Waals surface area contributed by atoms with Gasteiger partial charge in [0.15, 0.2) is 0 Å². The number of benzene rings is 1. The molecule has 0 aromatic heterocycles. The van der Waals surface area contributed by atoms with Gasteiger partial charge in [-0.25, -0.2) is 13.2 Å². The Balaban J connectivity index is 1.67. The summed E-state index contributed by atoms with van der Waals surface area (Å²) in [5, 5.41) is 3.03. The monoisotopic (exact) mass is 462 g/mol. The Labute approximate surface area is 180 Å². The number of rotatable bonds is 5. The van der Waals surface area contributed by atoms with Crippen LogP contribution in [0.5, 0.6) is 0 Å². The van der Waals surface area contributed by atoms with Crippen LogP contribution in [0, 0.1) is 5.92 Å². The smallest absolute Gasteiger partial charge is 0.331 e. The standard InChI is InChI=1S/C19H24Cl2N2O5S/c1-28-18(25)19(9-2-3-10-19)22-17(24)13-7-11-23(12-8-13)29(26,27)16-14(20)5-4-6-15(16)21/h4-6,13H,2-3,7-12H2,1H3,(H,22,24). The molecule has 0 spiro atoms. The minimum Gasteiger partial charge on any atom is -0.467 e. The van der Waals surface area contributed by atoms with Crippen molar-refractivity contribution in [1.29, 1.82) is 0 Å². The highest BCUT2D eigenvalue weighted by atomic mass is 35.5. The molecule has 0 unspecified atom stereocenters. The molecule has 160 valence electrons. The Hall–Kier alpha value is -1.35. The number of ether oxygens (including phenoxy) is 1. The summed E-state index contributed by atoms with van der Waals surface area (Å²) in [6, 6.07) is 4.54. The number of methoxy groups -OCH3 is 1. The Morgan fingerprint density at radius 1 is 1.14 bits per heavy atom. The maximum atomic E-state index is 13.0. The maximum Gasteiger partial charge on any atom is 0.331 e. The summed E-state index contributed by atoms with van der Waals surface area (Å²) in [5.41, 5.74) is -0.958. The first-order valence-corrected chi connectivity index (χ1v) is 11.8. The summed E-state index contributed by atoms with van der Waals surface area (Å²) in [6.07, 6.45) is 3.53. The Morgan fingerprint density at radius 3 is 2.21 bits per heavy atom. The summed E-state index contributed by atoms with van der Waals surface area (Å²) in [5.74, 6) is -1.02. The van der Waals surface area contributed by atoms with E-state index in [9.17, 15) is 18.0 Å². The van der Waals surface area contributed by atoms with E-state index in [-0.39, 0.29) is 39.9 Å². The molecule has 1 aromatic rings. The van der Waals surface area contributed by atoms with Crippen molar-refractivity contribution in [2.24, 2.45) is 5.92 Å². The first-order valence-electron chi connectivity index (χ1n) is 9.56. The van der Waals surface area contributed by atoms with E-state index >= 15 is 0 Å². The van der Waals surface area contributed by atoms with Gasteiger partial charge in [0.05, 0.1) is 17.2 Å². The average Bonchev–Trinajstić information content (AvgIpc) is 3.16. The summed E-state index contributed by atoms with van der Waals surface area (Å²) < 4.78 is 32.1. The molecule has 0 bridgehead atoms. The predicted molar refractivity (Wildman–Crippen MR) is 109 cm³/mol. The van der Waals surface area contributed by atoms with Crippen molar-refractivity contribution < 1.29 is 22.7 Å². The summed E-state index contributed by atoms with van der Waals surface area (Å²) in [4.78, 5) is 24.9. The lowest BCUT2D eigenvalue weighted by molar-refractivity contribution is -0.151. The molecule has 1 amide bonds. The molecule has 1 aliphatic carbocycles. The highest BCUT2D eigenvalue weighted by molar-refractivity contribution is 7.89. The lowest BCUT2D eigenvalue weighted by Gasteiger charge is -2.34. The first kappa shape index (κ1) is 22.3. The fraction of sp³-hybridized carbons (Fsp3) is 0.579. The number of sulfonamides is 1. The SMILES string of the molecule is COC(=O)C1(NC(=O)C2CCN(S(=O)(=O)c3c(Cl)cccc3Cl)CC2)CCCC1. The molecular formula is C19H24Cl2N2O5S. The van der Waals surface area contributed by atoms with Gasteiger partial charge in [-0.2, -0.15) is 4.31 Å². The van der Waals surface area contributed by atoms with Gasteiger partial charge in [-0.15, -0.1) is 0 Å².